The van der Waals surface area contributed by atoms with Gasteiger partial charge in [0.25, 0.3) is 0 Å². The maximum absolute atomic E-state index is 12.1. The highest BCUT2D eigenvalue weighted by Crippen LogP contribution is 2.47. The number of primary amides is 1. The molecule has 100 valence electrons. The van der Waals surface area contributed by atoms with Crippen molar-refractivity contribution in [2.24, 2.45) is 22.0 Å². The zero-order valence-corrected chi connectivity index (χ0v) is 12.0. The largest absolute Gasteiger partial charge is 0.412 e. The summed E-state index contributed by atoms with van der Waals surface area (Å²) in [4.78, 5) is 22.8. The van der Waals surface area contributed by atoms with Crippen molar-refractivity contribution in [2.45, 2.75) is 54.9 Å². The molecule has 0 rings (SSSR count). The third kappa shape index (κ3) is 4.36. The Morgan fingerprint density at radius 3 is 1.65 bits per heavy atom. The number of nitrogens with two attached hydrogens (primary N) is 1. The van der Waals surface area contributed by atoms with Gasteiger partial charge in [0, 0.05) is 0 Å². The third-order valence-electron chi connectivity index (χ3n) is 3.18. The molecule has 0 fully saturated rings. The van der Waals surface area contributed by atoms with Crippen molar-refractivity contribution in [1.82, 2.24) is 0 Å². The fourth-order valence-electron chi connectivity index (χ4n) is 1.91. The summed E-state index contributed by atoms with van der Waals surface area (Å²) in [5, 5.41) is 0. The van der Waals surface area contributed by atoms with Gasteiger partial charge in [0.1, 0.15) is 0 Å². The number of hydrogen-bond donors (Lipinski definition) is 1. The van der Waals surface area contributed by atoms with Crippen LogP contribution in [0.15, 0.2) is 0 Å². The lowest BCUT2D eigenvalue weighted by Gasteiger charge is -2.42. The van der Waals surface area contributed by atoms with Gasteiger partial charge >= 0.3 is 12.1 Å². The summed E-state index contributed by atoms with van der Waals surface area (Å²) in [6, 6.07) is 0. The average Bonchev–Trinajstić information content (AvgIpc) is 1.96. The Hall–Kier alpha value is -1.06. The molecule has 0 aromatic carbocycles. The molecule has 4 nitrogen and oxygen atoms in total. The number of ether oxygens (including phenoxy) is 1. The van der Waals surface area contributed by atoms with Crippen molar-refractivity contribution < 1.29 is 14.3 Å². The van der Waals surface area contributed by atoms with Gasteiger partial charge in [-0.15, -0.1) is 0 Å². The molecule has 1 unspecified atom stereocenters. The zero-order valence-electron chi connectivity index (χ0n) is 12.0. The number of carbonyl (C=O) groups excluding carboxylic acids is 2. The summed E-state index contributed by atoms with van der Waals surface area (Å²) >= 11 is 0. The minimum Gasteiger partial charge on any atom is -0.376 e. The van der Waals surface area contributed by atoms with Gasteiger partial charge in [0.2, 0.25) is 0 Å². The van der Waals surface area contributed by atoms with Crippen LogP contribution in [0.5, 0.6) is 0 Å². The van der Waals surface area contributed by atoms with E-state index in [1.165, 1.54) is 0 Å². The Morgan fingerprint density at radius 2 is 1.41 bits per heavy atom. The van der Waals surface area contributed by atoms with Gasteiger partial charge in [0.05, 0.1) is 5.41 Å². The van der Waals surface area contributed by atoms with E-state index in [0.717, 1.165) is 0 Å². The smallest absolute Gasteiger partial charge is 0.376 e. The SMILES string of the molecule is CC(C)(C)CC(C)(C(=O)OC(N)=O)C(C)(C)C. The van der Waals surface area contributed by atoms with Gasteiger partial charge in [-0.25, -0.2) is 4.79 Å². The highest BCUT2D eigenvalue weighted by molar-refractivity contribution is 5.87. The fourth-order valence-corrected chi connectivity index (χ4v) is 1.91. The summed E-state index contributed by atoms with van der Waals surface area (Å²) in [5.74, 6) is -0.549. The van der Waals surface area contributed by atoms with E-state index in [1.807, 2.05) is 27.7 Å². The number of rotatable bonds is 2. The molecule has 0 radical (unpaired) electrons. The van der Waals surface area contributed by atoms with E-state index in [0.29, 0.717) is 6.42 Å². The molecule has 0 bridgehead atoms. The first-order chi connectivity index (χ1) is 7.29. The van der Waals surface area contributed by atoms with E-state index in [9.17, 15) is 9.59 Å². The summed E-state index contributed by atoms with van der Waals surface area (Å²) in [6.07, 6.45) is -0.422. The summed E-state index contributed by atoms with van der Waals surface area (Å²) in [7, 11) is 0. The van der Waals surface area contributed by atoms with Crippen LogP contribution >= 0.6 is 0 Å². The van der Waals surface area contributed by atoms with Crippen LogP contribution in [0.25, 0.3) is 0 Å². The van der Waals surface area contributed by atoms with E-state index in [2.05, 4.69) is 25.5 Å². The summed E-state index contributed by atoms with van der Waals surface area (Å²) in [5.41, 5.74) is 3.81. The van der Waals surface area contributed by atoms with E-state index in [1.54, 1.807) is 0 Å². The Bertz CT molecular complexity index is 310. The Kier molecular flexibility index (Phi) is 4.38. The normalized spacial score (nSPS) is 16.2. The highest BCUT2D eigenvalue weighted by atomic mass is 16.6. The quantitative estimate of drug-likeness (QED) is 0.598. The molecule has 0 aliphatic carbocycles. The number of esters is 1. The Balaban J connectivity index is 5.26. The molecule has 0 saturated heterocycles. The van der Waals surface area contributed by atoms with Crippen molar-refractivity contribution >= 4 is 12.1 Å². The summed E-state index contributed by atoms with van der Waals surface area (Å²) in [6.45, 7) is 13.9. The molecule has 4 heteroatoms. The van der Waals surface area contributed by atoms with Gasteiger partial charge in [-0.05, 0) is 24.2 Å². The monoisotopic (exact) mass is 243 g/mol. The van der Waals surface area contributed by atoms with Gasteiger partial charge in [0.15, 0.2) is 0 Å². The maximum Gasteiger partial charge on any atom is 0.412 e. The van der Waals surface area contributed by atoms with Crippen molar-refractivity contribution in [3.05, 3.63) is 0 Å². The van der Waals surface area contributed by atoms with Gasteiger partial charge in [-0.1, -0.05) is 41.5 Å². The molecule has 17 heavy (non-hydrogen) atoms. The Morgan fingerprint density at radius 1 is 1.00 bits per heavy atom. The topological polar surface area (TPSA) is 69.4 Å². The molecule has 0 aromatic heterocycles. The molecular formula is C13H25NO3. The number of hydrogen-bond acceptors (Lipinski definition) is 3. The predicted molar refractivity (Wildman–Crippen MR) is 67.3 cm³/mol. The van der Waals surface area contributed by atoms with E-state index in [-0.39, 0.29) is 10.8 Å². The molecule has 0 saturated carbocycles. The van der Waals surface area contributed by atoms with Crippen molar-refractivity contribution in [3.8, 4) is 0 Å². The first kappa shape index (κ1) is 15.9. The molecule has 2 N–H and O–H groups in total. The minimum atomic E-state index is -1.04. The maximum atomic E-state index is 12.1. The van der Waals surface area contributed by atoms with Crippen LogP contribution < -0.4 is 5.73 Å². The molecule has 1 atom stereocenters. The Labute approximate surface area is 104 Å². The molecule has 0 heterocycles. The fraction of sp³-hybridized carbons (Fsp3) is 0.846. The lowest BCUT2D eigenvalue weighted by Crippen LogP contribution is -2.45. The van der Waals surface area contributed by atoms with E-state index < -0.39 is 17.5 Å². The van der Waals surface area contributed by atoms with Gasteiger partial charge < -0.3 is 10.5 Å². The van der Waals surface area contributed by atoms with Crippen molar-refractivity contribution in [1.29, 1.82) is 0 Å². The third-order valence-corrected chi connectivity index (χ3v) is 3.18. The first-order valence-electron chi connectivity index (χ1n) is 5.81. The molecule has 0 aliphatic heterocycles. The van der Waals surface area contributed by atoms with Crippen LogP contribution in [-0.2, 0) is 9.53 Å². The van der Waals surface area contributed by atoms with Crippen molar-refractivity contribution in [3.63, 3.8) is 0 Å². The first-order valence-corrected chi connectivity index (χ1v) is 5.81. The van der Waals surface area contributed by atoms with Gasteiger partial charge in [-0.3, -0.25) is 4.79 Å². The molecule has 0 aliphatic rings. The summed E-state index contributed by atoms with van der Waals surface area (Å²) < 4.78 is 4.59. The van der Waals surface area contributed by atoms with Crippen LogP contribution in [0.3, 0.4) is 0 Å². The molecule has 0 aromatic rings. The van der Waals surface area contributed by atoms with Crippen LogP contribution in [-0.4, -0.2) is 12.1 Å². The van der Waals surface area contributed by atoms with Crippen LogP contribution in [0.4, 0.5) is 4.79 Å². The lowest BCUT2D eigenvalue weighted by atomic mass is 9.61. The van der Waals surface area contributed by atoms with Crippen LogP contribution in [0, 0.1) is 16.2 Å². The molecule has 1 amide bonds. The lowest BCUT2D eigenvalue weighted by molar-refractivity contribution is -0.157. The van der Waals surface area contributed by atoms with Gasteiger partial charge in [-0.2, -0.15) is 0 Å². The molecule has 0 spiro atoms. The van der Waals surface area contributed by atoms with Crippen LogP contribution in [0.2, 0.25) is 0 Å². The average molecular weight is 243 g/mol. The van der Waals surface area contributed by atoms with Crippen LogP contribution in [0.1, 0.15) is 54.9 Å². The number of carbonyl (C=O) groups is 2. The minimum absolute atomic E-state index is 0.0430. The second-order valence-electron chi connectivity index (χ2n) is 7.03. The zero-order chi connectivity index (χ0) is 14.1. The number of amides is 1. The predicted octanol–water partition coefficient (Wildman–Crippen LogP) is 3.10. The second kappa shape index (κ2) is 4.67. The second-order valence-corrected chi connectivity index (χ2v) is 7.03. The van der Waals surface area contributed by atoms with E-state index in [4.69, 9.17) is 5.73 Å². The van der Waals surface area contributed by atoms with Crippen molar-refractivity contribution in [2.75, 3.05) is 0 Å². The highest BCUT2D eigenvalue weighted by Gasteiger charge is 2.48. The van der Waals surface area contributed by atoms with E-state index >= 15 is 0 Å². The molecular weight excluding hydrogens is 218 g/mol. The standard InChI is InChI=1S/C13H25NO3/c1-11(2,3)8-13(7,12(4,5)6)9(15)17-10(14)16/h8H2,1-7H3,(H2,14,16).